The molecule has 3 aromatic carbocycles. The van der Waals surface area contributed by atoms with Gasteiger partial charge in [0.1, 0.15) is 11.6 Å². The fourth-order valence-electron chi connectivity index (χ4n) is 4.32. The molecule has 6 N–H and O–H groups in total. The van der Waals surface area contributed by atoms with Crippen LogP contribution >= 0.6 is 11.6 Å². The molecule has 0 saturated heterocycles. The van der Waals surface area contributed by atoms with Crippen LogP contribution in [-0.2, 0) is 11.3 Å². The van der Waals surface area contributed by atoms with Gasteiger partial charge in [0.2, 0.25) is 0 Å². The monoisotopic (exact) mass is 588 g/mol. The number of H-pyrrole nitrogens is 1. The van der Waals surface area contributed by atoms with Crippen molar-refractivity contribution in [3.05, 3.63) is 82.5 Å². The van der Waals surface area contributed by atoms with Gasteiger partial charge in [0.15, 0.2) is 6.29 Å². The number of methoxy groups -OCH3 is 1. The molecule has 0 fully saturated rings. The number of hydroxylamine groups is 1. The summed E-state index contributed by atoms with van der Waals surface area (Å²) in [6, 6.07) is 16.4. The number of nitrogens with zero attached hydrogens (tertiary/aromatic N) is 3. The number of halogens is 1. The summed E-state index contributed by atoms with van der Waals surface area (Å²) in [6.07, 6.45) is 2.27. The van der Waals surface area contributed by atoms with Gasteiger partial charge in [-0.15, -0.1) is 0 Å². The van der Waals surface area contributed by atoms with Gasteiger partial charge in [0.05, 0.1) is 28.7 Å². The number of hydrogen-bond donors (Lipinski definition) is 6. The van der Waals surface area contributed by atoms with E-state index >= 15 is 0 Å². The number of imidazole rings is 1. The van der Waals surface area contributed by atoms with E-state index in [2.05, 4.69) is 30.9 Å². The van der Waals surface area contributed by atoms with Gasteiger partial charge in [0.25, 0.3) is 11.8 Å². The van der Waals surface area contributed by atoms with Crippen molar-refractivity contribution in [2.75, 3.05) is 31.4 Å². The molecule has 216 valence electrons. The summed E-state index contributed by atoms with van der Waals surface area (Å²) < 4.78 is 5.42. The Hall–Kier alpha value is -4.91. The zero-order valence-electron chi connectivity index (χ0n) is 23.0. The zero-order valence-corrected chi connectivity index (χ0v) is 23.8. The Balaban J connectivity index is 1.31. The zero-order chi connectivity index (χ0) is 29.8. The molecule has 0 bridgehead atoms. The number of benzene rings is 3. The molecule has 1 aliphatic heterocycles. The van der Waals surface area contributed by atoms with Crippen LogP contribution < -0.4 is 31.1 Å². The third-order valence-electron chi connectivity index (χ3n) is 6.55. The number of carbonyl (C=O) groups is 2. The molecule has 0 spiro atoms. The van der Waals surface area contributed by atoms with Crippen LogP contribution in [0.5, 0.6) is 5.75 Å². The second kappa shape index (κ2) is 12.3. The van der Waals surface area contributed by atoms with Crippen molar-refractivity contribution in [2.24, 2.45) is 4.99 Å². The minimum Gasteiger partial charge on any atom is -0.497 e. The number of rotatable bonds is 9. The molecule has 1 aliphatic rings. The quantitative estimate of drug-likeness (QED) is 0.128. The molecular formula is C29H29ClN8O4. The van der Waals surface area contributed by atoms with Crippen LogP contribution in [0.3, 0.4) is 0 Å². The van der Waals surface area contributed by atoms with Crippen LogP contribution in [0.4, 0.5) is 11.4 Å². The summed E-state index contributed by atoms with van der Waals surface area (Å²) in [6.45, 7) is 0.342. The average Bonchev–Trinajstić information content (AvgIpc) is 3.44. The number of fused-ring (bicyclic) bond motifs is 1. The van der Waals surface area contributed by atoms with Crippen LogP contribution in [0.25, 0.3) is 22.4 Å². The van der Waals surface area contributed by atoms with Crippen LogP contribution in [0, 0.1) is 0 Å². The molecular weight excluding hydrogens is 560 g/mol. The maximum absolute atomic E-state index is 13.3. The summed E-state index contributed by atoms with van der Waals surface area (Å²) in [4.78, 5) is 39.0. The van der Waals surface area contributed by atoms with E-state index in [1.807, 2.05) is 37.2 Å². The van der Waals surface area contributed by atoms with Crippen molar-refractivity contribution in [1.29, 1.82) is 0 Å². The van der Waals surface area contributed by atoms with E-state index in [1.165, 1.54) is 19.5 Å². The van der Waals surface area contributed by atoms with Crippen molar-refractivity contribution in [2.45, 2.75) is 12.8 Å². The van der Waals surface area contributed by atoms with Gasteiger partial charge in [0, 0.05) is 55.6 Å². The first kappa shape index (κ1) is 28.6. The molecule has 2 amide bonds. The van der Waals surface area contributed by atoms with Gasteiger partial charge < -0.3 is 25.3 Å². The largest absolute Gasteiger partial charge is 0.497 e. The highest BCUT2D eigenvalue weighted by molar-refractivity contribution is 6.33. The molecule has 1 unspecified atom stereocenters. The third kappa shape index (κ3) is 6.36. The Labute approximate surface area is 246 Å². The Morgan fingerprint density at radius 1 is 1.10 bits per heavy atom. The Kier molecular flexibility index (Phi) is 8.38. The average molecular weight is 589 g/mol. The smallest absolute Gasteiger partial charge is 0.277 e. The van der Waals surface area contributed by atoms with E-state index in [0.29, 0.717) is 40.0 Å². The van der Waals surface area contributed by atoms with Crippen molar-refractivity contribution in [3.8, 4) is 17.1 Å². The number of ether oxygens (including phenoxy) is 1. The summed E-state index contributed by atoms with van der Waals surface area (Å²) in [5.41, 5.74) is 6.83. The summed E-state index contributed by atoms with van der Waals surface area (Å²) in [7, 11) is 5.47. The Bertz CT molecular complexity index is 1720. The first-order chi connectivity index (χ1) is 20.2. The predicted molar refractivity (Wildman–Crippen MR) is 162 cm³/mol. The van der Waals surface area contributed by atoms with Crippen LogP contribution in [-0.4, -0.2) is 60.7 Å². The lowest BCUT2D eigenvalue weighted by molar-refractivity contribution is -0.124. The van der Waals surface area contributed by atoms with E-state index in [9.17, 15) is 9.59 Å². The minimum absolute atomic E-state index is 0.181. The lowest BCUT2D eigenvalue weighted by Crippen LogP contribution is -2.41. The Morgan fingerprint density at radius 3 is 2.64 bits per heavy atom. The second-order valence-electron chi connectivity index (χ2n) is 9.67. The van der Waals surface area contributed by atoms with E-state index in [1.54, 1.807) is 41.9 Å². The fraction of sp³-hybridized carbons (Fsp3) is 0.172. The molecule has 0 aliphatic carbocycles. The third-order valence-corrected chi connectivity index (χ3v) is 6.88. The maximum atomic E-state index is 13.3. The van der Waals surface area contributed by atoms with E-state index in [0.717, 1.165) is 22.3 Å². The van der Waals surface area contributed by atoms with E-state index in [-0.39, 0.29) is 11.5 Å². The summed E-state index contributed by atoms with van der Waals surface area (Å²) in [5.74, 6) is 0.101. The van der Waals surface area contributed by atoms with E-state index in [4.69, 9.17) is 21.5 Å². The molecule has 0 radical (unpaired) electrons. The predicted octanol–water partition coefficient (Wildman–Crippen LogP) is 3.65. The van der Waals surface area contributed by atoms with Gasteiger partial charge in [-0.1, -0.05) is 11.6 Å². The standard InChI is InChI=1S/C29H29ClN8O4/c1-38(2)20-5-7-24-25(12-20)36-26(35-24)22-11-19(4-6-23(22)30)34-27(39)17-8-16(9-21(10-17)42-3)13-31-29-32-14-18(15-33-29)28(40)37-41/h4-12,14-15,29,31-32,41H,13H2,1-3H3,(H,34,39)(H,35,36)(H,37,40). The van der Waals surface area contributed by atoms with Crippen molar-refractivity contribution in [3.63, 3.8) is 0 Å². The lowest BCUT2D eigenvalue weighted by atomic mass is 10.1. The molecule has 1 atom stereocenters. The number of nitrogens with one attached hydrogen (secondary N) is 5. The number of amides is 2. The molecule has 0 saturated carbocycles. The van der Waals surface area contributed by atoms with Gasteiger partial charge in [-0.05, 0) is 60.2 Å². The fourth-order valence-corrected chi connectivity index (χ4v) is 4.53. The number of aromatic amines is 1. The first-order valence-electron chi connectivity index (χ1n) is 12.9. The highest BCUT2D eigenvalue weighted by atomic mass is 35.5. The van der Waals surface area contributed by atoms with Crippen molar-refractivity contribution >= 4 is 52.0 Å². The highest BCUT2D eigenvalue weighted by Crippen LogP contribution is 2.31. The van der Waals surface area contributed by atoms with Gasteiger partial charge in [-0.2, -0.15) is 0 Å². The minimum atomic E-state index is -0.669. The molecule has 12 nitrogen and oxygen atoms in total. The molecule has 42 heavy (non-hydrogen) atoms. The SMILES string of the molecule is COc1cc(CNC2N=CC(C(=O)NO)=CN2)cc(C(=O)Nc2ccc(Cl)c(-c3nc4ccc(N(C)C)cc4[nH]3)c2)c1. The van der Waals surface area contributed by atoms with Crippen LogP contribution in [0.1, 0.15) is 15.9 Å². The number of carbonyl (C=O) groups excluding carboxylic acids is 2. The van der Waals surface area contributed by atoms with Gasteiger partial charge in [-0.25, -0.2) is 10.5 Å². The number of anilines is 2. The van der Waals surface area contributed by atoms with Crippen molar-refractivity contribution < 1.29 is 19.5 Å². The topological polar surface area (TPSA) is 156 Å². The van der Waals surface area contributed by atoms with Crippen molar-refractivity contribution in [1.82, 2.24) is 26.1 Å². The van der Waals surface area contributed by atoms with Crippen LogP contribution in [0.2, 0.25) is 5.02 Å². The molecule has 2 heterocycles. The summed E-state index contributed by atoms with van der Waals surface area (Å²) in [5, 5.41) is 18.3. The first-order valence-corrected chi connectivity index (χ1v) is 13.3. The summed E-state index contributed by atoms with van der Waals surface area (Å²) >= 11 is 6.53. The van der Waals surface area contributed by atoms with E-state index < -0.39 is 12.2 Å². The normalized spacial score (nSPS) is 14.2. The number of aliphatic imine (C=N–C) groups is 1. The van der Waals surface area contributed by atoms with Crippen LogP contribution in [0.15, 0.2) is 71.4 Å². The second-order valence-corrected chi connectivity index (χ2v) is 10.1. The maximum Gasteiger partial charge on any atom is 0.277 e. The number of aromatic nitrogens is 2. The highest BCUT2D eigenvalue weighted by Gasteiger charge is 2.16. The molecule has 1 aromatic heterocycles. The molecule has 5 rings (SSSR count). The molecule has 4 aromatic rings. The Morgan fingerprint density at radius 2 is 1.93 bits per heavy atom. The number of hydrogen-bond acceptors (Lipinski definition) is 9. The van der Waals surface area contributed by atoms with Gasteiger partial charge in [-0.3, -0.25) is 25.1 Å². The van der Waals surface area contributed by atoms with Gasteiger partial charge >= 0.3 is 0 Å². The lowest BCUT2D eigenvalue weighted by Gasteiger charge is -2.19. The molecule has 13 heteroatoms.